The number of unbranched alkanes of at least 4 members (excludes halogenated alkanes) is 1. The van der Waals surface area contributed by atoms with E-state index in [2.05, 4.69) is 16.5 Å². The van der Waals surface area contributed by atoms with Crippen LogP contribution >= 0.6 is 11.8 Å². The van der Waals surface area contributed by atoms with Crippen LogP contribution in [0.5, 0.6) is 0 Å². The molecule has 0 saturated carbocycles. The van der Waals surface area contributed by atoms with E-state index in [0.717, 1.165) is 12.2 Å². The molecule has 0 saturated heterocycles. The fourth-order valence-electron chi connectivity index (χ4n) is 1.40. The molecule has 6 nitrogen and oxygen atoms in total. The zero-order chi connectivity index (χ0) is 14.3. The van der Waals surface area contributed by atoms with Crippen LogP contribution in [0.25, 0.3) is 0 Å². The Morgan fingerprint density at radius 3 is 2.95 bits per heavy atom. The number of nitrogen functional groups attached to an aromatic ring is 1. The Hall–Kier alpha value is -1.76. The molecule has 0 aliphatic heterocycles. The molecule has 0 aromatic carbocycles. The van der Waals surface area contributed by atoms with Gasteiger partial charge in [-0.1, -0.05) is 6.58 Å². The number of thioether (sulfide) groups is 1. The van der Waals surface area contributed by atoms with Gasteiger partial charge in [0.05, 0.1) is 0 Å². The van der Waals surface area contributed by atoms with E-state index in [0.29, 0.717) is 23.0 Å². The standard InChI is InChI=1S/C12H18N4O2S/c1-3-16(2)11-10(13)12(15-8-14-11)19-7-5-4-6-9(17)18/h3,8H,1,4-7,13H2,2H3,(H,17,18). The molecule has 19 heavy (non-hydrogen) atoms. The molecule has 1 aromatic heterocycles. The van der Waals surface area contributed by atoms with Gasteiger partial charge < -0.3 is 15.7 Å². The second-order valence-electron chi connectivity index (χ2n) is 3.91. The van der Waals surface area contributed by atoms with Crippen molar-refractivity contribution in [3.63, 3.8) is 0 Å². The molecule has 0 unspecified atom stereocenters. The molecule has 1 aromatic rings. The van der Waals surface area contributed by atoms with Crippen LogP contribution in [0, 0.1) is 0 Å². The van der Waals surface area contributed by atoms with Crippen LogP contribution in [0.3, 0.4) is 0 Å². The van der Waals surface area contributed by atoms with Gasteiger partial charge in [0.2, 0.25) is 0 Å². The predicted octanol–water partition coefficient (Wildman–Crippen LogP) is 1.99. The van der Waals surface area contributed by atoms with Crippen molar-refractivity contribution in [2.24, 2.45) is 0 Å². The van der Waals surface area contributed by atoms with Crippen molar-refractivity contribution in [2.75, 3.05) is 23.4 Å². The van der Waals surface area contributed by atoms with Gasteiger partial charge in [0.15, 0.2) is 5.82 Å². The van der Waals surface area contributed by atoms with Crippen molar-refractivity contribution in [3.8, 4) is 0 Å². The van der Waals surface area contributed by atoms with E-state index in [1.807, 2.05) is 7.05 Å². The highest BCUT2D eigenvalue weighted by Gasteiger charge is 2.10. The van der Waals surface area contributed by atoms with Crippen molar-refractivity contribution in [2.45, 2.75) is 24.3 Å². The van der Waals surface area contributed by atoms with Gasteiger partial charge in [-0.05, 0) is 24.8 Å². The van der Waals surface area contributed by atoms with E-state index < -0.39 is 5.97 Å². The molecule has 0 aliphatic carbocycles. The number of hydrogen-bond acceptors (Lipinski definition) is 6. The van der Waals surface area contributed by atoms with Gasteiger partial charge in [0.1, 0.15) is 17.0 Å². The molecular weight excluding hydrogens is 264 g/mol. The quantitative estimate of drug-likeness (QED) is 0.428. The fraction of sp³-hybridized carbons (Fsp3) is 0.417. The number of carboxylic acid groups (broad SMARTS) is 1. The summed E-state index contributed by atoms with van der Waals surface area (Å²) in [5.74, 6) is 0.644. The lowest BCUT2D eigenvalue weighted by molar-refractivity contribution is -0.137. The highest BCUT2D eigenvalue weighted by Crippen LogP contribution is 2.29. The first-order chi connectivity index (χ1) is 9.06. The maximum atomic E-state index is 10.4. The zero-order valence-corrected chi connectivity index (χ0v) is 11.7. The monoisotopic (exact) mass is 282 g/mol. The van der Waals surface area contributed by atoms with Crippen LogP contribution < -0.4 is 10.6 Å². The first kappa shape index (κ1) is 15.3. The van der Waals surface area contributed by atoms with Crippen molar-refractivity contribution >= 4 is 29.2 Å². The number of carboxylic acids is 1. The molecule has 1 rings (SSSR count). The summed E-state index contributed by atoms with van der Waals surface area (Å²) in [5.41, 5.74) is 6.51. The maximum Gasteiger partial charge on any atom is 0.303 e. The van der Waals surface area contributed by atoms with Crippen molar-refractivity contribution in [3.05, 3.63) is 19.1 Å². The topological polar surface area (TPSA) is 92.3 Å². The van der Waals surface area contributed by atoms with Gasteiger partial charge in [0.25, 0.3) is 0 Å². The third-order valence-corrected chi connectivity index (χ3v) is 3.55. The molecule has 0 radical (unpaired) electrons. The molecular formula is C12H18N4O2S. The van der Waals surface area contributed by atoms with Gasteiger partial charge in [0, 0.05) is 13.5 Å². The highest BCUT2D eigenvalue weighted by atomic mass is 32.2. The third kappa shape index (κ3) is 4.78. The van der Waals surface area contributed by atoms with Crippen LogP contribution in [0.4, 0.5) is 11.5 Å². The number of carbonyl (C=O) groups is 1. The van der Waals surface area contributed by atoms with Gasteiger partial charge >= 0.3 is 5.97 Å². The summed E-state index contributed by atoms with van der Waals surface area (Å²) in [7, 11) is 1.81. The van der Waals surface area contributed by atoms with Gasteiger partial charge in [-0.15, -0.1) is 11.8 Å². The van der Waals surface area contributed by atoms with E-state index in [4.69, 9.17) is 10.8 Å². The minimum atomic E-state index is -0.763. The van der Waals surface area contributed by atoms with E-state index in [9.17, 15) is 4.79 Å². The summed E-state index contributed by atoms with van der Waals surface area (Å²) in [4.78, 5) is 20.3. The Morgan fingerprint density at radius 2 is 2.32 bits per heavy atom. The number of anilines is 2. The Labute approximate surface area is 116 Å². The van der Waals surface area contributed by atoms with E-state index >= 15 is 0 Å². The average Bonchev–Trinajstić information content (AvgIpc) is 2.39. The van der Waals surface area contributed by atoms with Gasteiger partial charge in [-0.25, -0.2) is 9.97 Å². The molecule has 0 bridgehead atoms. The lowest BCUT2D eigenvalue weighted by atomic mass is 10.3. The fourth-order valence-corrected chi connectivity index (χ4v) is 2.31. The van der Waals surface area contributed by atoms with E-state index in [-0.39, 0.29) is 6.42 Å². The number of aromatic nitrogens is 2. The second-order valence-corrected chi connectivity index (χ2v) is 4.99. The molecule has 7 heteroatoms. The summed E-state index contributed by atoms with van der Waals surface area (Å²) >= 11 is 1.51. The second kappa shape index (κ2) is 7.63. The normalized spacial score (nSPS) is 10.2. The number of nitrogens with zero attached hydrogens (tertiary/aromatic N) is 3. The zero-order valence-electron chi connectivity index (χ0n) is 10.9. The van der Waals surface area contributed by atoms with Crippen molar-refractivity contribution in [1.82, 2.24) is 9.97 Å². The SMILES string of the molecule is C=CN(C)c1ncnc(SCCCCC(=O)O)c1N. The first-order valence-corrected chi connectivity index (χ1v) is 6.85. The van der Waals surface area contributed by atoms with Gasteiger partial charge in [-0.3, -0.25) is 4.79 Å². The maximum absolute atomic E-state index is 10.4. The molecule has 1 heterocycles. The molecule has 0 spiro atoms. The van der Waals surface area contributed by atoms with Crippen molar-refractivity contribution < 1.29 is 9.90 Å². The summed E-state index contributed by atoms with van der Waals surface area (Å²) in [6.07, 6.45) is 4.76. The summed E-state index contributed by atoms with van der Waals surface area (Å²) in [6.45, 7) is 3.66. The number of aliphatic carboxylic acids is 1. The summed E-state index contributed by atoms with van der Waals surface area (Å²) < 4.78 is 0. The minimum Gasteiger partial charge on any atom is -0.481 e. The Bertz CT molecular complexity index is 453. The third-order valence-electron chi connectivity index (χ3n) is 2.46. The lowest BCUT2D eigenvalue weighted by Gasteiger charge is -2.15. The molecule has 104 valence electrons. The van der Waals surface area contributed by atoms with Gasteiger partial charge in [-0.2, -0.15) is 0 Å². The number of nitrogens with two attached hydrogens (primary N) is 1. The Morgan fingerprint density at radius 1 is 1.58 bits per heavy atom. The van der Waals surface area contributed by atoms with Crippen molar-refractivity contribution in [1.29, 1.82) is 0 Å². The molecule has 0 aliphatic rings. The highest BCUT2D eigenvalue weighted by molar-refractivity contribution is 7.99. The number of rotatable bonds is 8. The van der Waals surface area contributed by atoms with Crippen LogP contribution in [0.1, 0.15) is 19.3 Å². The van der Waals surface area contributed by atoms with Crippen LogP contribution in [0.2, 0.25) is 0 Å². The summed E-state index contributed by atoms with van der Waals surface area (Å²) in [6, 6.07) is 0. The van der Waals surface area contributed by atoms with E-state index in [1.54, 1.807) is 11.1 Å². The molecule has 0 fully saturated rings. The van der Waals surface area contributed by atoms with Crippen LogP contribution in [-0.2, 0) is 4.79 Å². The van der Waals surface area contributed by atoms with Crippen LogP contribution in [-0.4, -0.2) is 33.8 Å². The lowest BCUT2D eigenvalue weighted by Crippen LogP contribution is -2.12. The summed E-state index contributed by atoms with van der Waals surface area (Å²) in [5, 5.41) is 9.25. The van der Waals surface area contributed by atoms with E-state index in [1.165, 1.54) is 18.1 Å². The predicted molar refractivity (Wildman–Crippen MR) is 77.3 cm³/mol. The number of hydrogen-bond donors (Lipinski definition) is 2. The Balaban J connectivity index is 2.54. The largest absolute Gasteiger partial charge is 0.481 e. The molecule has 0 amide bonds. The smallest absolute Gasteiger partial charge is 0.303 e. The van der Waals surface area contributed by atoms with Crippen LogP contribution in [0.15, 0.2) is 24.1 Å². The Kier molecular flexibility index (Phi) is 6.14. The average molecular weight is 282 g/mol. The first-order valence-electron chi connectivity index (χ1n) is 5.86. The molecule has 0 atom stereocenters. The minimum absolute atomic E-state index is 0.199. The molecule has 3 N–H and O–H groups in total.